The highest BCUT2D eigenvalue weighted by atomic mass is 16.2. The zero-order valence-electron chi connectivity index (χ0n) is 11.8. The van der Waals surface area contributed by atoms with Gasteiger partial charge in [-0.3, -0.25) is 4.79 Å². The Morgan fingerprint density at radius 3 is 2.10 bits per heavy atom. The second-order valence-corrected chi connectivity index (χ2v) is 4.90. The SMILES string of the molecule is Cc1cc(C)cc(C(=O)N(C)c2ccc(C#N)cc2)c1. The highest BCUT2D eigenvalue weighted by Gasteiger charge is 2.14. The highest BCUT2D eigenvalue weighted by Crippen LogP contribution is 2.18. The quantitative estimate of drug-likeness (QED) is 0.833. The van der Waals surface area contributed by atoms with Crippen LogP contribution in [0.1, 0.15) is 27.0 Å². The summed E-state index contributed by atoms with van der Waals surface area (Å²) in [6, 6.07) is 14.8. The first-order valence-corrected chi connectivity index (χ1v) is 6.38. The van der Waals surface area contributed by atoms with E-state index in [0.717, 1.165) is 16.8 Å². The number of hydrogen-bond donors (Lipinski definition) is 0. The molecular formula is C17H16N2O. The minimum atomic E-state index is -0.0542. The summed E-state index contributed by atoms with van der Waals surface area (Å²) in [6.45, 7) is 3.96. The zero-order valence-corrected chi connectivity index (χ0v) is 11.8. The normalized spacial score (nSPS) is 9.90. The van der Waals surface area contributed by atoms with Crippen molar-refractivity contribution in [3.63, 3.8) is 0 Å². The number of nitrogens with zero attached hydrogens (tertiary/aromatic N) is 2. The fourth-order valence-corrected chi connectivity index (χ4v) is 2.17. The third kappa shape index (κ3) is 2.86. The predicted octanol–water partition coefficient (Wildman–Crippen LogP) is 3.45. The third-order valence-corrected chi connectivity index (χ3v) is 3.16. The van der Waals surface area contributed by atoms with E-state index in [1.54, 1.807) is 36.2 Å². The lowest BCUT2D eigenvalue weighted by molar-refractivity contribution is 0.0993. The minimum absolute atomic E-state index is 0.0542. The van der Waals surface area contributed by atoms with Crippen molar-refractivity contribution in [3.8, 4) is 6.07 Å². The first kappa shape index (κ1) is 13.8. The number of nitriles is 1. The molecule has 0 saturated heterocycles. The Labute approximate surface area is 119 Å². The van der Waals surface area contributed by atoms with E-state index in [9.17, 15) is 4.79 Å². The smallest absolute Gasteiger partial charge is 0.258 e. The molecule has 0 heterocycles. The van der Waals surface area contributed by atoms with Gasteiger partial charge >= 0.3 is 0 Å². The monoisotopic (exact) mass is 264 g/mol. The summed E-state index contributed by atoms with van der Waals surface area (Å²) in [5, 5.41) is 8.78. The maximum atomic E-state index is 12.5. The standard InChI is InChI=1S/C17H16N2O/c1-12-8-13(2)10-15(9-12)17(20)19(3)16-6-4-14(11-18)5-7-16/h4-10H,1-3H3. The summed E-state index contributed by atoms with van der Waals surface area (Å²) in [4.78, 5) is 14.1. The molecular weight excluding hydrogens is 248 g/mol. The zero-order chi connectivity index (χ0) is 14.7. The van der Waals surface area contributed by atoms with Gasteiger partial charge < -0.3 is 4.90 Å². The number of hydrogen-bond acceptors (Lipinski definition) is 2. The van der Waals surface area contributed by atoms with Crippen LogP contribution >= 0.6 is 0 Å². The number of anilines is 1. The Balaban J connectivity index is 2.29. The van der Waals surface area contributed by atoms with E-state index >= 15 is 0 Å². The van der Waals surface area contributed by atoms with Crippen LogP contribution < -0.4 is 4.90 Å². The topological polar surface area (TPSA) is 44.1 Å². The van der Waals surface area contributed by atoms with E-state index in [4.69, 9.17) is 5.26 Å². The molecule has 0 aliphatic heterocycles. The van der Waals surface area contributed by atoms with E-state index in [1.165, 1.54) is 0 Å². The van der Waals surface area contributed by atoms with Gasteiger partial charge in [0.25, 0.3) is 5.91 Å². The summed E-state index contributed by atoms with van der Waals surface area (Å²) in [5.41, 5.74) is 4.17. The molecule has 100 valence electrons. The van der Waals surface area contributed by atoms with Crippen LogP contribution in [0.3, 0.4) is 0 Å². The van der Waals surface area contributed by atoms with Crippen molar-refractivity contribution < 1.29 is 4.79 Å². The summed E-state index contributed by atoms with van der Waals surface area (Å²) in [6.07, 6.45) is 0. The Bertz CT molecular complexity index is 661. The van der Waals surface area contributed by atoms with Crippen LogP contribution in [0.4, 0.5) is 5.69 Å². The van der Waals surface area contributed by atoms with E-state index in [2.05, 4.69) is 6.07 Å². The van der Waals surface area contributed by atoms with Gasteiger partial charge in [-0.15, -0.1) is 0 Å². The Morgan fingerprint density at radius 1 is 1.05 bits per heavy atom. The highest BCUT2D eigenvalue weighted by molar-refractivity contribution is 6.05. The molecule has 2 rings (SSSR count). The van der Waals surface area contributed by atoms with Gasteiger partial charge in [0.15, 0.2) is 0 Å². The van der Waals surface area contributed by atoms with Gasteiger partial charge in [0.05, 0.1) is 11.6 Å². The van der Waals surface area contributed by atoms with Crippen molar-refractivity contribution in [2.45, 2.75) is 13.8 Å². The first-order chi connectivity index (χ1) is 9.51. The molecule has 0 fully saturated rings. The average molecular weight is 264 g/mol. The largest absolute Gasteiger partial charge is 0.311 e. The molecule has 0 aliphatic carbocycles. The molecule has 0 saturated carbocycles. The lowest BCUT2D eigenvalue weighted by Gasteiger charge is -2.18. The summed E-state index contributed by atoms with van der Waals surface area (Å²) >= 11 is 0. The lowest BCUT2D eigenvalue weighted by atomic mass is 10.1. The van der Waals surface area contributed by atoms with Crippen molar-refractivity contribution in [1.82, 2.24) is 0 Å². The summed E-state index contributed by atoms with van der Waals surface area (Å²) < 4.78 is 0. The lowest BCUT2D eigenvalue weighted by Crippen LogP contribution is -2.26. The minimum Gasteiger partial charge on any atom is -0.311 e. The maximum Gasteiger partial charge on any atom is 0.258 e. The van der Waals surface area contributed by atoms with Crippen LogP contribution in [0.5, 0.6) is 0 Å². The molecule has 0 atom stereocenters. The molecule has 20 heavy (non-hydrogen) atoms. The van der Waals surface area contributed by atoms with Crippen LogP contribution in [0.2, 0.25) is 0 Å². The summed E-state index contributed by atoms with van der Waals surface area (Å²) in [5.74, 6) is -0.0542. The van der Waals surface area contributed by atoms with Gasteiger partial charge in [-0.1, -0.05) is 17.2 Å². The average Bonchev–Trinajstić information content (AvgIpc) is 2.45. The molecule has 0 N–H and O–H groups in total. The molecule has 0 radical (unpaired) electrons. The Kier molecular flexibility index (Phi) is 3.86. The molecule has 2 aromatic rings. The van der Waals surface area contributed by atoms with Crippen molar-refractivity contribution in [3.05, 3.63) is 64.7 Å². The number of benzene rings is 2. The van der Waals surface area contributed by atoms with Gasteiger partial charge in [0.2, 0.25) is 0 Å². The molecule has 3 heteroatoms. The number of carbonyl (C=O) groups is 1. The number of aryl methyl sites for hydroxylation is 2. The van der Waals surface area contributed by atoms with Crippen molar-refractivity contribution >= 4 is 11.6 Å². The number of amides is 1. The van der Waals surface area contributed by atoms with Gasteiger partial charge in [-0.05, 0) is 50.2 Å². The van der Waals surface area contributed by atoms with Crippen LogP contribution in [-0.2, 0) is 0 Å². The van der Waals surface area contributed by atoms with E-state index in [0.29, 0.717) is 11.1 Å². The van der Waals surface area contributed by atoms with Crippen molar-refractivity contribution in [2.75, 3.05) is 11.9 Å². The van der Waals surface area contributed by atoms with Crippen LogP contribution in [0.15, 0.2) is 42.5 Å². The van der Waals surface area contributed by atoms with Crippen LogP contribution in [0.25, 0.3) is 0 Å². The Morgan fingerprint density at radius 2 is 1.60 bits per heavy atom. The molecule has 0 spiro atoms. The third-order valence-electron chi connectivity index (χ3n) is 3.16. The van der Waals surface area contributed by atoms with Gasteiger partial charge in [0, 0.05) is 18.3 Å². The van der Waals surface area contributed by atoms with Crippen molar-refractivity contribution in [1.29, 1.82) is 5.26 Å². The van der Waals surface area contributed by atoms with Crippen LogP contribution in [-0.4, -0.2) is 13.0 Å². The van der Waals surface area contributed by atoms with Gasteiger partial charge in [-0.25, -0.2) is 0 Å². The number of carbonyl (C=O) groups excluding carboxylic acids is 1. The molecule has 3 nitrogen and oxygen atoms in total. The van der Waals surface area contributed by atoms with Gasteiger partial charge in [-0.2, -0.15) is 5.26 Å². The molecule has 0 bridgehead atoms. The molecule has 0 unspecified atom stereocenters. The second kappa shape index (κ2) is 5.58. The van der Waals surface area contributed by atoms with E-state index < -0.39 is 0 Å². The number of rotatable bonds is 2. The molecule has 2 aromatic carbocycles. The van der Waals surface area contributed by atoms with Crippen LogP contribution in [0, 0.1) is 25.2 Å². The first-order valence-electron chi connectivity index (χ1n) is 6.38. The fourth-order valence-electron chi connectivity index (χ4n) is 2.17. The Hall–Kier alpha value is -2.60. The second-order valence-electron chi connectivity index (χ2n) is 4.90. The van der Waals surface area contributed by atoms with E-state index in [-0.39, 0.29) is 5.91 Å². The summed E-state index contributed by atoms with van der Waals surface area (Å²) in [7, 11) is 1.74. The van der Waals surface area contributed by atoms with Gasteiger partial charge in [0.1, 0.15) is 0 Å². The fraction of sp³-hybridized carbons (Fsp3) is 0.176. The predicted molar refractivity (Wildman–Crippen MR) is 79.8 cm³/mol. The maximum absolute atomic E-state index is 12.5. The van der Waals surface area contributed by atoms with E-state index in [1.807, 2.05) is 32.0 Å². The molecule has 0 aliphatic rings. The van der Waals surface area contributed by atoms with Crippen molar-refractivity contribution in [2.24, 2.45) is 0 Å². The molecule has 1 amide bonds. The molecule has 0 aromatic heterocycles.